The Kier molecular flexibility index (Phi) is 4.07. The molecule has 3 aromatic rings. The van der Waals surface area contributed by atoms with Crippen molar-refractivity contribution in [2.75, 3.05) is 11.9 Å². The fourth-order valence-corrected chi connectivity index (χ4v) is 2.59. The Morgan fingerprint density at radius 3 is 2.67 bits per heavy atom. The number of anilines is 1. The molecule has 0 aliphatic carbocycles. The molecule has 2 heterocycles. The molecule has 24 heavy (non-hydrogen) atoms. The number of aromatic nitrogens is 3. The molecule has 0 saturated heterocycles. The van der Waals surface area contributed by atoms with Gasteiger partial charge in [0.25, 0.3) is 5.91 Å². The fraction of sp³-hybridized carbons (Fsp3) is 0.235. The lowest BCUT2D eigenvalue weighted by molar-refractivity contribution is -0.115. The molecular formula is C17H19N5O2. The molecule has 2 amide bonds. The maximum Gasteiger partial charge on any atom is 0.268 e. The van der Waals surface area contributed by atoms with Gasteiger partial charge in [0.1, 0.15) is 5.69 Å². The number of fused-ring (bicyclic) bond motifs is 1. The van der Waals surface area contributed by atoms with E-state index in [2.05, 4.69) is 20.7 Å². The Labute approximate surface area is 139 Å². The maximum atomic E-state index is 12.2. The predicted molar refractivity (Wildman–Crippen MR) is 91.9 cm³/mol. The second-order valence-electron chi connectivity index (χ2n) is 5.67. The van der Waals surface area contributed by atoms with E-state index in [4.69, 9.17) is 0 Å². The van der Waals surface area contributed by atoms with E-state index in [9.17, 15) is 9.59 Å². The first-order chi connectivity index (χ1) is 11.5. The highest BCUT2D eigenvalue weighted by Gasteiger charge is 2.14. The Morgan fingerprint density at radius 2 is 2.00 bits per heavy atom. The molecule has 3 N–H and O–H groups in total. The van der Waals surface area contributed by atoms with Crippen LogP contribution in [-0.4, -0.2) is 33.1 Å². The predicted octanol–water partition coefficient (Wildman–Crippen LogP) is 1.89. The van der Waals surface area contributed by atoms with Crippen molar-refractivity contribution < 1.29 is 9.59 Å². The van der Waals surface area contributed by atoms with E-state index in [0.717, 1.165) is 22.3 Å². The third kappa shape index (κ3) is 3.01. The first-order valence-electron chi connectivity index (χ1n) is 7.61. The van der Waals surface area contributed by atoms with Crippen LogP contribution in [0.5, 0.6) is 0 Å². The molecule has 0 radical (unpaired) electrons. The molecule has 0 fully saturated rings. The second kappa shape index (κ2) is 6.19. The summed E-state index contributed by atoms with van der Waals surface area (Å²) in [5, 5.41) is 10.6. The molecule has 7 nitrogen and oxygen atoms in total. The summed E-state index contributed by atoms with van der Waals surface area (Å²) in [4.78, 5) is 27.3. The molecule has 0 unspecified atom stereocenters. The van der Waals surface area contributed by atoms with Crippen LogP contribution in [-0.2, 0) is 11.8 Å². The van der Waals surface area contributed by atoms with Crippen LogP contribution < -0.4 is 10.6 Å². The molecule has 7 heteroatoms. The first kappa shape index (κ1) is 15.8. The number of aryl methyl sites for hydroxylation is 2. The minimum atomic E-state index is -0.319. The van der Waals surface area contributed by atoms with Crippen LogP contribution in [0.3, 0.4) is 0 Å². The molecule has 3 rings (SSSR count). The zero-order chi connectivity index (χ0) is 17.3. The van der Waals surface area contributed by atoms with Crippen LogP contribution in [0.1, 0.15) is 21.9 Å². The lowest BCUT2D eigenvalue weighted by Gasteiger charge is -2.06. The molecule has 0 atom stereocenters. The molecule has 0 aliphatic heterocycles. The topological polar surface area (TPSA) is 91.8 Å². The van der Waals surface area contributed by atoms with Gasteiger partial charge in [0, 0.05) is 18.0 Å². The average molecular weight is 325 g/mol. The molecular weight excluding hydrogens is 306 g/mol. The Hall–Kier alpha value is -3.09. The average Bonchev–Trinajstić information content (AvgIpc) is 3.09. The lowest BCUT2D eigenvalue weighted by atomic mass is 10.2. The van der Waals surface area contributed by atoms with Gasteiger partial charge in [-0.3, -0.25) is 14.3 Å². The highest BCUT2D eigenvalue weighted by atomic mass is 16.2. The number of H-pyrrole nitrogens is 1. The third-order valence-electron chi connectivity index (χ3n) is 3.96. The second-order valence-corrected chi connectivity index (χ2v) is 5.67. The van der Waals surface area contributed by atoms with Crippen molar-refractivity contribution in [3.05, 3.63) is 47.4 Å². The number of benzene rings is 1. The summed E-state index contributed by atoms with van der Waals surface area (Å²) in [5.41, 5.74) is 3.60. The Bertz CT molecular complexity index is 889. The number of carbonyl (C=O) groups excluding carboxylic acids is 2. The van der Waals surface area contributed by atoms with Gasteiger partial charge in [-0.25, -0.2) is 0 Å². The molecule has 0 bridgehead atoms. The van der Waals surface area contributed by atoms with Crippen LogP contribution in [0.4, 0.5) is 5.69 Å². The van der Waals surface area contributed by atoms with Gasteiger partial charge in [0.15, 0.2) is 0 Å². The van der Waals surface area contributed by atoms with Crippen molar-refractivity contribution >= 4 is 28.4 Å². The molecule has 124 valence electrons. The molecule has 0 spiro atoms. The molecule has 0 saturated carbocycles. The van der Waals surface area contributed by atoms with Crippen molar-refractivity contribution in [1.29, 1.82) is 0 Å². The van der Waals surface area contributed by atoms with Crippen molar-refractivity contribution in [3.8, 4) is 0 Å². The largest absolute Gasteiger partial charge is 0.351 e. The Morgan fingerprint density at radius 1 is 1.25 bits per heavy atom. The van der Waals surface area contributed by atoms with Gasteiger partial charge in [-0.15, -0.1) is 0 Å². The monoisotopic (exact) mass is 325 g/mol. The summed E-state index contributed by atoms with van der Waals surface area (Å²) < 4.78 is 1.70. The van der Waals surface area contributed by atoms with Crippen LogP contribution in [0.2, 0.25) is 0 Å². The summed E-state index contributed by atoms with van der Waals surface area (Å²) >= 11 is 0. The first-order valence-corrected chi connectivity index (χ1v) is 7.61. The number of aromatic amines is 1. The minimum Gasteiger partial charge on any atom is -0.351 e. The quantitative estimate of drug-likeness (QED) is 0.684. The molecule has 2 aromatic heterocycles. The van der Waals surface area contributed by atoms with Crippen molar-refractivity contribution in [3.63, 3.8) is 0 Å². The van der Waals surface area contributed by atoms with Crippen LogP contribution in [0.15, 0.2) is 30.3 Å². The van der Waals surface area contributed by atoms with Gasteiger partial charge in [0.05, 0.1) is 23.6 Å². The SMILES string of the molecule is Cc1nn(C)c(C)c1NC(=O)CNC(=O)c1cc2ccccc2[nH]1. The lowest BCUT2D eigenvalue weighted by Crippen LogP contribution is -2.33. The van der Waals surface area contributed by atoms with Gasteiger partial charge in [0.2, 0.25) is 5.91 Å². The van der Waals surface area contributed by atoms with Gasteiger partial charge in [-0.1, -0.05) is 18.2 Å². The van der Waals surface area contributed by atoms with Gasteiger partial charge < -0.3 is 15.6 Å². The molecule has 0 aliphatic rings. The van der Waals surface area contributed by atoms with E-state index >= 15 is 0 Å². The zero-order valence-corrected chi connectivity index (χ0v) is 13.8. The Balaban J connectivity index is 1.62. The zero-order valence-electron chi connectivity index (χ0n) is 13.8. The van der Waals surface area contributed by atoms with E-state index in [-0.39, 0.29) is 18.4 Å². The highest BCUT2D eigenvalue weighted by molar-refractivity contribution is 6.01. The van der Waals surface area contributed by atoms with Crippen LogP contribution in [0.25, 0.3) is 10.9 Å². The summed E-state index contributed by atoms with van der Waals surface area (Å²) in [6, 6.07) is 9.38. The summed E-state index contributed by atoms with van der Waals surface area (Å²) in [5.74, 6) is -0.611. The number of nitrogens with zero attached hydrogens (tertiary/aromatic N) is 2. The number of para-hydroxylation sites is 1. The number of rotatable bonds is 4. The third-order valence-corrected chi connectivity index (χ3v) is 3.96. The summed E-state index contributed by atoms with van der Waals surface area (Å²) in [7, 11) is 1.82. The van der Waals surface area contributed by atoms with E-state index in [1.807, 2.05) is 45.2 Å². The standard InChI is InChI=1S/C17H19N5O2/c1-10-16(11(2)22(3)21-10)20-15(23)9-18-17(24)14-8-12-6-4-5-7-13(12)19-14/h4-8,19H,9H2,1-3H3,(H,18,24)(H,20,23). The minimum absolute atomic E-state index is 0.109. The van der Waals surface area contributed by atoms with Crippen molar-refractivity contribution in [2.45, 2.75) is 13.8 Å². The van der Waals surface area contributed by atoms with E-state index in [1.54, 1.807) is 10.7 Å². The van der Waals surface area contributed by atoms with Gasteiger partial charge >= 0.3 is 0 Å². The van der Waals surface area contributed by atoms with E-state index in [1.165, 1.54) is 0 Å². The van der Waals surface area contributed by atoms with Crippen LogP contribution in [0, 0.1) is 13.8 Å². The smallest absolute Gasteiger partial charge is 0.268 e. The summed E-state index contributed by atoms with van der Waals surface area (Å²) in [6.07, 6.45) is 0. The maximum absolute atomic E-state index is 12.2. The van der Waals surface area contributed by atoms with Crippen molar-refractivity contribution in [2.24, 2.45) is 7.05 Å². The highest BCUT2D eigenvalue weighted by Crippen LogP contribution is 2.18. The number of hydrogen-bond acceptors (Lipinski definition) is 3. The van der Waals surface area contributed by atoms with Crippen LogP contribution >= 0.6 is 0 Å². The number of nitrogens with one attached hydrogen (secondary N) is 3. The van der Waals surface area contributed by atoms with E-state index in [0.29, 0.717) is 11.4 Å². The fourth-order valence-electron chi connectivity index (χ4n) is 2.59. The van der Waals surface area contributed by atoms with Gasteiger partial charge in [-0.2, -0.15) is 5.10 Å². The van der Waals surface area contributed by atoms with Gasteiger partial charge in [-0.05, 0) is 26.0 Å². The number of amides is 2. The number of carbonyl (C=O) groups is 2. The molecule has 1 aromatic carbocycles. The summed E-state index contributed by atoms with van der Waals surface area (Å²) in [6.45, 7) is 3.59. The normalized spacial score (nSPS) is 10.8. The number of hydrogen-bond donors (Lipinski definition) is 3. The van der Waals surface area contributed by atoms with E-state index < -0.39 is 0 Å². The van der Waals surface area contributed by atoms with Crippen molar-refractivity contribution in [1.82, 2.24) is 20.1 Å².